The Hall–Kier alpha value is -0.950. The van der Waals surface area contributed by atoms with Gasteiger partial charge in [0.15, 0.2) is 0 Å². The van der Waals surface area contributed by atoms with Crippen LogP contribution in [0.2, 0.25) is 0 Å². The third-order valence-corrected chi connectivity index (χ3v) is 4.09. The first-order valence-corrected chi connectivity index (χ1v) is 7.44. The minimum atomic E-state index is 0. The Balaban J connectivity index is 0.00000110. The van der Waals surface area contributed by atoms with Gasteiger partial charge in [-0.05, 0) is 12.8 Å². The van der Waals surface area contributed by atoms with E-state index < -0.39 is 0 Å². The van der Waals surface area contributed by atoms with Crippen LogP contribution in [0.1, 0.15) is 30.1 Å². The first kappa shape index (κ1) is 18.1. The second kappa shape index (κ2) is 8.48. The lowest BCUT2D eigenvalue weighted by Crippen LogP contribution is -2.35. The quantitative estimate of drug-likeness (QED) is 0.869. The first-order valence-electron chi connectivity index (χ1n) is 6.49. The SMILES string of the molecule is Cl.Cl.NC1CC(c2cc(NCCc3cscn3)ncn2)C1. The van der Waals surface area contributed by atoms with Crippen LogP contribution in [0.5, 0.6) is 0 Å². The molecule has 2 heterocycles. The molecule has 2 aromatic rings. The number of thiazole rings is 1. The van der Waals surface area contributed by atoms with Crippen molar-refractivity contribution in [2.24, 2.45) is 5.73 Å². The fourth-order valence-corrected chi connectivity index (χ4v) is 2.87. The predicted molar refractivity (Wildman–Crippen MR) is 90.8 cm³/mol. The molecule has 5 nitrogen and oxygen atoms in total. The third-order valence-electron chi connectivity index (χ3n) is 3.45. The molecule has 116 valence electrons. The van der Waals surface area contributed by atoms with Crippen molar-refractivity contribution >= 4 is 42.0 Å². The van der Waals surface area contributed by atoms with E-state index in [1.165, 1.54) is 0 Å². The summed E-state index contributed by atoms with van der Waals surface area (Å²) in [4.78, 5) is 12.8. The van der Waals surface area contributed by atoms with Crippen molar-refractivity contribution in [1.82, 2.24) is 15.0 Å². The standard InChI is InChI=1S/C13H17N5S.2ClH/c14-10-3-9(4-10)12-5-13(17-7-16-12)15-2-1-11-6-19-8-18-11;;/h5-10H,1-4,14H2,(H,15,16,17);2*1H. The molecule has 21 heavy (non-hydrogen) atoms. The van der Waals surface area contributed by atoms with Gasteiger partial charge in [0.1, 0.15) is 12.1 Å². The molecule has 0 saturated heterocycles. The molecule has 3 rings (SSSR count). The van der Waals surface area contributed by atoms with Crippen LogP contribution in [0.4, 0.5) is 5.82 Å². The largest absolute Gasteiger partial charge is 0.370 e. The predicted octanol–water partition coefficient (Wildman–Crippen LogP) is 2.64. The highest BCUT2D eigenvalue weighted by molar-refractivity contribution is 7.07. The summed E-state index contributed by atoms with van der Waals surface area (Å²) >= 11 is 1.63. The molecule has 8 heteroatoms. The third kappa shape index (κ3) is 4.78. The molecule has 0 radical (unpaired) electrons. The van der Waals surface area contributed by atoms with Crippen molar-refractivity contribution in [2.75, 3.05) is 11.9 Å². The van der Waals surface area contributed by atoms with E-state index in [0.29, 0.717) is 12.0 Å². The lowest BCUT2D eigenvalue weighted by Gasteiger charge is -2.31. The minimum absolute atomic E-state index is 0. The molecular weight excluding hydrogens is 329 g/mol. The summed E-state index contributed by atoms with van der Waals surface area (Å²) in [5.74, 6) is 1.40. The lowest BCUT2D eigenvalue weighted by molar-refractivity contribution is 0.345. The first-order chi connectivity index (χ1) is 9.31. The Labute approximate surface area is 140 Å². The van der Waals surface area contributed by atoms with Gasteiger partial charge in [-0.2, -0.15) is 0 Å². The Morgan fingerprint density at radius 2 is 2.05 bits per heavy atom. The van der Waals surface area contributed by atoms with Gasteiger partial charge in [0, 0.05) is 42.1 Å². The van der Waals surface area contributed by atoms with Crippen LogP contribution in [0.25, 0.3) is 0 Å². The molecule has 1 aliphatic rings. The number of aromatic nitrogens is 3. The Bertz CT molecular complexity index is 531. The van der Waals surface area contributed by atoms with E-state index in [0.717, 1.165) is 43.0 Å². The normalized spacial score (nSPS) is 19.9. The van der Waals surface area contributed by atoms with Crippen molar-refractivity contribution in [3.05, 3.63) is 34.7 Å². The van der Waals surface area contributed by atoms with E-state index in [-0.39, 0.29) is 24.8 Å². The van der Waals surface area contributed by atoms with E-state index in [2.05, 4.69) is 25.6 Å². The van der Waals surface area contributed by atoms with Gasteiger partial charge in [0.25, 0.3) is 0 Å². The second-order valence-corrected chi connectivity index (χ2v) is 5.63. The molecule has 1 aliphatic carbocycles. The molecule has 1 fully saturated rings. The Morgan fingerprint density at radius 1 is 1.24 bits per heavy atom. The van der Waals surface area contributed by atoms with Gasteiger partial charge in [0.2, 0.25) is 0 Å². The van der Waals surface area contributed by atoms with Crippen LogP contribution in [0, 0.1) is 0 Å². The van der Waals surface area contributed by atoms with Crippen LogP contribution in [-0.2, 0) is 6.42 Å². The average molecular weight is 348 g/mol. The van der Waals surface area contributed by atoms with E-state index in [1.807, 2.05) is 11.6 Å². The number of anilines is 1. The van der Waals surface area contributed by atoms with Crippen molar-refractivity contribution in [3.63, 3.8) is 0 Å². The number of hydrogen-bond acceptors (Lipinski definition) is 6. The van der Waals surface area contributed by atoms with E-state index in [4.69, 9.17) is 5.73 Å². The number of hydrogen-bond donors (Lipinski definition) is 2. The zero-order valence-electron chi connectivity index (χ0n) is 11.4. The zero-order valence-corrected chi connectivity index (χ0v) is 13.9. The van der Waals surface area contributed by atoms with Crippen molar-refractivity contribution in [2.45, 2.75) is 31.2 Å². The van der Waals surface area contributed by atoms with Crippen LogP contribution in [-0.4, -0.2) is 27.5 Å². The molecule has 0 unspecified atom stereocenters. The van der Waals surface area contributed by atoms with E-state index in [1.54, 1.807) is 17.7 Å². The van der Waals surface area contributed by atoms with Crippen molar-refractivity contribution in [1.29, 1.82) is 0 Å². The molecule has 0 amide bonds. The molecule has 3 N–H and O–H groups in total. The minimum Gasteiger partial charge on any atom is -0.370 e. The van der Waals surface area contributed by atoms with Gasteiger partial charge in [0.05, 0.1) is 11.2 Å². The Morgan fingerprint density at radius 3 is 2.71 bits per heavy atom. The summed E-state index contributed by atoms with van der Waals surface area (Å²) < 4.78 is 0. The topological polar surface area (TPSA) is 76.7 Å². The summed E-state index contributed by atoms with van der Waals surface area (Å²) in [6, 6.07) is 2.39. The summed E-state index contributed by atoms with van der Waals surface area (Å²) in [6.07, 6.45) is 4.62. The number of nitrogens with zero attached hydrogens (tertiary/aromatic N) is 3. The summed E-state index contributed by atoms with van der Waals surface area (Å²) in [5.41, 5.74) is 9.90. The summed E-state index contributed by atoms with van der Waals surface area (Å²) in [7, 11) is 0. The van der Waals surface area contributed by atoms with Crippen LogP contribution >= 0.6 is 36.2 Å². The maximum absolute atomic E-state index is 5.81. The highest BCUT2D eigenvalue weighted by Gasteiger charge is 2.28. The second-order valence-electron chi connectivity index (χ2n) is 4.91. The molecule has 0 aromatic carbocycles. The fourth-order valence-electron chi connectivity index (χ4n) is 2.28. The summed E-state index contributed by atoms with van der Waals surface area (Å²) in [5, 5.41) is 5.39. The number of nitrogens with one attached hydrogen (secondary N) is 1. The van der Waals surface area contributed by atoms with Gasteiger partial charge < -0.3 is 11.1 Å². The smallest absolute Gasteiger partial charge is 0.129 e. The van der Waals surface area contributed by atoms with Gasteiger partial charge in [-0.15, -0.1) is 36.2 Å². The summed E-state index contributed by atoms with van der Waals surface area (Å²) in [6.45, 7) is 0.838. The van der Waals surface area contributed by atoms with Crippen LogP contribution < -0.4 is 11.1 Å². The zero-order chi connectivity index (χ0) is 13.1. The van der Waals surface area contributed by atoms with Crippen molar-refractivity contribution in [3.8, 4) is 0 Å². The molecule has 0 aliphatic heterocycles. The van der Waals surface area contributed by atoms with E-state index in [9.17, 15) is 0 Å². The number of halogens is 2. The molecule has 0 bridgehead atoms. The van der Waals surface area contributed by atoms with Crippen molar-refractivity contribution < 1.29 is 0 Å². The molecule has 2 aromatic heterocycles. The molecule has 0 spiro atoms. The fraction of sp³-hybridized carbons (Fsp3) is 0.462. The van der Waals surface area contributed by atoms with Gasteiger partial charge in [-0.25, -0.2) is 15.0 Å². The van der Waals surface area contributed by atoms with Crippen LogP contribution in [0.3, 0.4) is 0 Å². The molecule has 1 saturated carbocycles. The lowest BCUT2D eigenvalue weighted by atomic mass is 9.79. The maximum Gasteiger partial charge on any atom is 0.129 e. The molecule has 0 atom stereocenters. The Kier molecular flexibility index (Phi) is 7.31. The van der Waals surface area contributed by atoms with Gasteiger partial charge in [-0.3, -0.25) is 0 Å². The van der Waals surface area contributed by atoms with Crippen LogP contribution in [0.15, 0.2) is 23.3 Å². The highest BCUT2D eigenvalue weighted by Crippen LogP contribution is 2.34. The van der Waals surface area contributed by atoms with E-state index >= 15 is 0 Å². The van der Waals surface area contributed by atoms with Gasteiger partial charge in [-0.1, -0.05) is 0 Å². The molecular formula is C13H19Cl2N5S. The average Bonchev–Trinajstić information content (AvgIpc) is 2.89. The number of rotatable bonds is 5. The monoisotopic (exact) mass is 347 g/mol. The van der Waals surface area contributed by atoms with Gasteiger partial charge >= 0.3 is 0 Å². The highest BCUT2D eigenvalue weighted by atomic mass is 35.5. The maximum atomic E-state index is 5.81. The number of nitrogens with two attached hydrogens (primary N) is 1.